The first-order valence-electron chi connectivity index (χ1n) is 6.89. The summed E-state index contributed by atoms with van der Waals surface area (Å²) in [5.41, 5.74) is 4.39. The smallest absolute Gasteiger partial charge is 0.0621 e. The maximum absolute atomic E-state index is 8.53. The Morgan fingerprint density at radius 3 is 1.45 bits per heavy atom. The Balaban J connectivity index is 2.56. The summed E-state index contributed by atoms with van der Waals surface area (Å²) in [5.74, 6) is 0. The van der Waals surface area contributed by atoms with E-state index in [0.717, 1.165) is 48.0 Å². The third-order valence-corrected chi connectivity index (χ3v) is 3.24. The summed E-state index contributed by atoms with van der Waals surface area (Å²) in [6.45, 7) is 8.13. The first kappa shape index (κ1) is 15.7. The number of nitrogens with zero attached hydrogens (tertiary/aromatic N) is 2. The van der Waals surface area contributed by atoms with Crippen molar-refractivity contribution in [1.82, 2.24) is 0 Å². The van der Waals surface area contributed by atoms with Crippen LogP contribution in [0, 0.1) is 22.7 Å². The molecule has 1 aromatic rings. The summed E-state index contributed by atoms with van der Waals surface area (Å²) in [6.07, 6.45) is 4.58. The second-order valence-electron chi connectivity index (χ2n) is 4.81. The summed E-state index contributed by atoms with van der Waals surface area (Å²) in [7, 11) is 0. The minimum atomic E-state index is 0.576. The molecule has 0 fully saturated rings. The molecule has 0 atom stereocenters. The number of hydrogen-bond acceptors (Lipinski definition) is 2. The molecule has 20 heavy (non-hydrogen) atoms. The normalized spacial score (nSPS) is 9.50. The highest BCUT2D eigenvalue weighted by Crippen LogP contribution is 2.23. The Morgan fingerprint density at radius 1 is 0.800 bits per heavy atom. The third kappa shape index (κ3) is 5.12. The molecule has 0 spiro atoms. The van der Waals surface area contributed by atoms with Crippen LogP contribution in [0.1, 0.15) is 49.7 Å². The van der Waals surface area contributed by atoms with Crippen molar-refractivity contribution < 1.29 is 0 Å². The van der Waals surface area contributed by atoms with Gasteiger partial charge in [-0.05, 0) is 48.0 Å². The largest absolute Gasteiger partial charge is 0.198 e. The van der Waals surface area contributed by atoms with Crippen molar-refractivity contribution in [3.63, 3.8) is 0 Å². The molecule has 2 heteroatoms. The Kier molecular flexibility index (Phi) is 6.87. The van der Waals surface area contributed by atoms with Crippen LogP contribution in [0.3, 0.4) is 0 Å². The molecule has 102 valence electrons. The zero-order valence-electron chi connectivity index (χ0n) is 11.9. The van der Waals surface area contributed by atoms with E-state index in [-0.39, 0.29) is 0 Å². The maximum atomic E-state index is 8.53. The molecule has 1 aromatic carbocycles. The van der Waals surface area contributed by atoms with Crippen molar-refractivity contribution in [3.8, 4) is 12.1 Å². The average Bonchev–Trinajstić information content (AvgIpc) is 2.47. The Morgan fingerprint density at radius 2 is 1.15 bits per heavy atom. The van der Waals surface area contributed by atoms with Gasteiger partial charge in [0.25, 0.3) is 0 Å². The van der Waals surface area contributed by atoms with Crippen LogP contribution in [-0.2, 0) is 0 Å². The van der Waals surface area contributed by atoms with E-state index in [4.69, 9.17) is 10.5 Å². The minimum absolute atomic E-state index is 0.576. The molecule has 0 aliphatic heterocycles. The molecular weight excluding hydrogens is 244 g/mol. The van der Waals surface area contributed by atoms with Crippen LogP contribution < -0.4 is 0 Å². The molecule has 0 aliphatic carbocycles. The highest BCUT2D eigenvalue weighted by Gasteiger charge is 2.02. The lowest BCUT2D eigenvalue weighted by Crippen LogP contribution is -1.87. The first-order chi connectivity index (χ1) is 9.69. The van der Waals surface area contributed by atoms with Gasteiger partial charge in [-0.1, -0.05) is 37.4 Å². The van der Waals surface area contributed by atoms with Crippen molar-refractivity contribution >= 4 is 11.1 Å². The van der Waals surface area contributed by atoms with Crippen molar-refractivity contribution in [3.05, 3.63) is 48.6 Å². The number of hydrogen-bond donors (Lipinski definition) is 0. The Bertz CT molecular complexity index is 487. The molecule has 0 bridgehead atoms. The fraction of sp³-hybridized carbons (Fsp3) is 0.333. The standard InChI is InChI=1S/C18H20N2/c1-15(7-3-5-13-19)17-9-11-18(12-10-17)16(2)8-4-6-14-20/h9-12H,1-8H2. The van der Waals surface area contributed by atoms with Crippen molar-refractivity contribution in [2.45, 2.75) is 38.5 Å². The van der Waals surface area contributed by atoms with Gasteiger partial charge in [0.1, 0.15) is 0 Å². The number of nitriles is 2. The van der Waals surface area contributed by atoms with Crippen molar-refractivity contribution in [1.29, 1.82) is 10.5 Å². The highest BCUT2D eigenvalue weighted by molar-refractivity contribution is 5.68. The first-order valence-corrected chi connectivity index (χ1v) is 6.89. The second kappa shape index (κ2) is 8.73. The lowest BCUT2D eigenvalue weighted by atomic mass is 9.97. The van der Waals surface area contributed by atoms with Crippen molar-refractivity contribution in [2.75, 3.05) is 0 Å². The SMILES string of the molecule is C=C(CCCC#N)c1ccc(C(=C)CCCC#N)cc1. The molecule has 0 aromatic heterocycles. The molecule has 0 amide bonds. The summed E-state index contributed by atoms with van der Waals surface area (Å²) in [5, 5.41) is 17.1. The topological polar surface area (TPSA) is 47.6 Å². The van der Waals surface area contributed by atoms with Gasteiger partial charge in [0.15, 0.2) is 0 Å². The van der Waals surface area contributed by atoms with Crippen LogP contribution >= 0.6 is 0 Å². The van der Waals surface area contributed by atoms with E-state index >= 15 is 0 Å². The number of unbranched alkanes of at least 4 members (excludes halogenated alkanes) is 2. The van der Waals surface area contributed by atoms with E-state index in [1.54, 1.807) is 0 Å². The molecule has 0 saturated heterocycles. The molecule has 0 saturated carbocycles. The fourth-order valence-electron chi connectivity index (χ4n) is 1.99. The molecule has 0 aliphatic rings. The van der Waals surface area contributed by atoms with E-state index in [1.807, 2.05) is 0 Å². The van der Waals surface area contributed by atoms with E-state index < -0.39 is 0 Å². The summed E-state index contributed by atoms with van der Waals surface area (Å²) in [4.78, 5) is 0. The summed E-state index contributed by atoms with van der Waals surface area (Å²) in [6, 6.07) is 12.5. The molecule has 1 rings (SSSR count). The zero-order chi connectivity index (χ0) is 14.8. The molecule has 0 N–H and O–H groups in total. The van der Waals surface area contributed by atoms with E-state index in [0.29, 0.717) is 12.8 Å². The minimum Gasteiger partial charge on any atom is -0.198 e. The maximum Gasteiger partial charge on any atom is 0.0621 e. The summed E-state index contributed by atoms with van der Waals surface area (Å²) < 4.78 is 0. The van der Waals surface area contributed by atoms with Crippen LogP contribution in [0.15, 0.2) is 37.4 Å². The lowest BCUT2D eigenvalue weighted by molar-refractivity contribution is 0.887. The van der Waals surface area contributed by atoms with E-state index in [1.165, 1.54) is 0 Å². The van der Waals surface area contributed by atoms with Crippen LogP contribution in [0.2, 0.25) is 0 Å². The van der Waals surface area contributed by atoms with Crippen molar-refractivity contribution in [2.24, 2.45) is 0 Å². The fourth-order valence-corrected chi connectivity index (χ4v) is 1.99. The van der Waals surface area contributed by atoms with Gasteiger partial charge >= 0.3 is 0 Å². The number of rotatable bonds is 8. The Hall–Kier alpha value is -2.32. The van der Waals surface area contributed by atoms with Gasteiger partial charge < -0.3 is 0 Å². The van der Waals surface area contributed by atoms with Gasteiger partial charge in [-0.15, -0.1) is 0 Å². The predicted octanol–water partition coefficient (Wildman–Crippen LogP) is 5.10. The molecule has 0 heterocycles. The quantitative estimate of drug-likeness (QED) is 0.613. The zero-order valence-corrected chi connectivity index (χ0v) is 11.9. The number of allylic oxidation sites excluding steroid dienone is 2. The van der Waals surface area contributed by atoms with Gasteiger partial charge in [0.2, 0.25) is 0 Å². The number of benzene rings is 1. The highest BCUT2D eigenvalue weighted by atomic mass is 14.2. The van der Waals surface area contributed by atoms with Crippen LogP contribution in [-0.4, -0.2) is 0 Å². The van der Waals surface area contributed by atoms with Gasteiger partial charge in [-0.3, -0.25) is 0 Å². The molecule has 2 nitrogen and oxygen atoms in total. The second-order valence-corrected chi connectivity index (χ2v) is 4.81. The third-order valence-electron chi connectivity index (χ3n) is 3.24. The average molecular weight is 264 g/mol. The molecular formula is C18H20N2. The van der Waals surface area contributed by atoms with Gasteiger partial charge in [-0.25, -0.2) is 0 Å². The Labute approximate surface area is 121 Å². The van der Waals surface area contributed by atoms with Gasteiger partial charge in [-0.2, -0.15) is 10.5 Å². The van der Waals surface area contributed by atoms with Crippen LogP contribution in [0.5, 0.6) is 0 Å². The van der Waals surface area contributed by atoms with E-state index in [2.05, 4.69) is 49.6 Å². The molecule has 0 radical (unpaired) electrons. The molecule has 0 unspecified atom stereocenters. The van der Waals surface area contributed by atoms with Gasteiger partial charge in [0.05, 0.1) is 12.1 Å². The lowest BCUT2D eigenvalue weighted by Gasteiger charge is -2.08. The van der Waals surface area contributed by atoms with Gasteiger partial charge in [0, 0.05) is 12.8 Å². The van der Waals surface area contributed by atoms with Crippen LogP contribution in [0.4, 0.5) is 0 Å². The monoisotopic (exact) mass is 264 g/mol. The van der Waals surface area contributed by atoms with Crippen LogP contribution in [0.25, 0.3) is 11.1 Å². The summed E-state index contributed by atoms with van der Waals surface area (Å²) >= 11 is 0. The predicted molar refractivity (Wildman–Crippen MR) is 83.4 cm³/mol. The van der Waals surface area contributed by atoms with E-state index in [9.17, 15) is 0 Å².